The molecule has 0 amide bonds. The summed E-state index contributed by atoms with van der Waals surface area (Å²) in [6.45, 7) is 13.3. The molecular weight excluding hydrogens is 388 g/mol. The fourth-order valence-electron chi connectivity index (χ4n) is 0.715. The third-order valence-corrected chi connectivity index (χ3v) is 4.23. The number of carboxylic acid groups (broad SMARTS) is 1. The molecule has 0 rings (SSSR count). The van der Waals surface area contributed by atoms with E-state index < -0.39 is 22.1 Å². The lowest BCUT2D eigenvalue weighted by atomic mass is 10.2. The van der Waals surface area contributed by atoms with E-state index >= 15 is 0 Å². The summed E-state index contributed by atoms with van der Waals surface area (Å²) >= 11 is 3.15. The molecule has 23 heavy (non-hydrogen) atoms. The minimum Gasteiger partial charge on any atom is -0.481 e. The van der Waals surface area contributed by atoms with Gasteiger partial charge in [-0.2, -0.15) is 0 Å². The van der Waals surface area contributed by atoms with Crippen molar-refractivity contribution in [1.82, 2.24) is 0 Å². The third-order valence-electron chi connectivity index (χ3n) is 1.88. The van der Waals surface area contributed by atoms with E-state index in [-0.39, 0.29) is 6.42 Å². The van der Waals surface area contributed by atoms with E-state index in [1.807, 2.05) is 0 Å². The van der Waals surface area contributed by atoms with E-state index in [4.69, 9.17) is 16.6 Å². The molecule has 0 saturated carbocycles. The van der Waals surface area contributed by atoms with Crippen molar-refractivity contribution in [2.24, 2.45) is 0 Å². The van der Waals surface area contributed by atoms with Gasteiger partial charge in [-0.15, -0.1) is 23.4 Å². The van der Waals surface area contributed by atoms with Gasteiger partial charge in [0.2, 0.25) is 0 Å². The van der Waals surface area contributed by atoms with Crippen LogP contribution in [0.2, 0.25) is 39.3 Å². The largest absolute Gasteiger partial charge is 0.481 e. The number of terminal acetylenes is 1. The SMILES string of the molecule is C#C[Si](C)(C)C.C[Si](C)(C)C#CCCCC(=O)O.OCCCBr. The van der Waals surface area contributed by atoms with Gasteiger partial charge in [-0.3, -0.25) is 4.79 Å². The summed E-state index contributed by atoms with van der Waals surface area (Å²) in [5.74, 6) is 2.30. The Morgan fingerprint density at radius 3 is 1.78 bits per heavy atom. The highest BCUT2D eigenvalue weighted by molar-refractivity contribution is 9.09. The van der Waals surface area contributed by atoms with Crippen LogP contribution in [0.4, 0.5) is 0 Å². The standard InChI is InChI=1S/C9H16O2Si.C5H10Si.C3H7BrO/c1-12(2,3)8-6-4-5-7-9(10)11;1-5-6(2,3)4;4-2-1-3-5/h4-5,7H2,1-3H3,(H,10,11);1H,2-4H3;5H,1-3H2. The Morgan fingerprint density at radius 2 is 1.57 bits per heavy atom. The molecule has 0 fully saturated rings. The van der Waals surface area contributed by atoms with Gasteiger partial charge >= 0.3 is 5.97 Å². The zero-order valence-corrected chi connectivity index (χ0v) is 19.1. The Kier molecular flexibility index (Phi) is 19.4. The first-order valence-corrected chi connectivity index (χ1v) is 15.9. The Morgan fingerprint density at radius 1 is 1.09 bits per heavy atom. The molecule has 0 aromatic carbocycles. The van der Waals surface area contributed by atoms with Crippen LogP contribution in [0, 0.1) is 23.4 Å². The molecule has 0 aromatic rings. The van der Waals surface area contributed by atoms with Crippen LogP contribution in [0.1, 0.15) is 25.7 Å². The number of halogens is 1. The van der Waals surface area contributed by atoms with Crippen LogP contribution < -0.4 is 0 Å². The first-order valence-electron chi connectivity index (χ1n) is 7.76. The van der Waals surface area contributed by atoms with Gasteiger partial charge in [0.15, 0.2) is 0 Å². The van der Waals surface area contributed by atoms with E-state index in [0.29, 0.717) is 13.0 Å². The second kappa shape index (κ2) is 16.3. The van der Waals surface area contributed by atoms with Crippen LogP contribution >= 0.6 is 15.9 Å². The van der Waals surface area contributed by atoms with Crippen LogP contribution in [0.3, 0.4) is 0 Å². The van der Waals surface area contributed by atoms with Crippen molar-refractivity contribution in [1.29, 1.82) is 0 Å². The molecule has 134 valence electrons. The second-order valence-corrected chi connectivity index (χ2v) is 17.3. The number of carbonyl (C=O) groups is 1. The molecular formula is C17H33BrO3Si2. The smallest absolute Gasteiger partial charge is 0.303 e. The molecule has 2 N–H and O–H groups in total. The normalized spacial score (nSPS) is 9.87. The van der Waals surface area contributed by atoms with Crippen LogP contribution in [-0.2, 0) is 4.79 Å². The Bertz CT molecular complexity index is 391. The number of aliphatic hydroxyl groups excluding tert-OH is 1. The first-order chi connectivity index (χ1) is 10.4. The molecule has 0 saturated heterocycles. The quantitative estimate of drug-likeness (QED) is 0.300. The minimum atomic E-state index is -1.24. The van der Waals surface area contributed by atoms with E-state index in [0.717, 1.165) is 18.2 Å². The maximum Gasteiger partial charge on any atom is 0.303 e. The molecule has 3 nitrogen and oxygen atoms in total. The summed E-state index contributed by atoms with van der Waals surface area (Å²) in [6, 6.07) is 0. The predicted molar refractivity (Wildman–Crippen MR) is 110 cm³/mol. The molecule has 0 bridgehead atoms. The number of hydrogen-bond donors (Lipinski definition) is 2. The van der Waals surface area contributed by atoms with Crippen LogP contribution in [0.15, 0.2) is 0 Å². The molecule has 0 unspecified atom stereocenters. The fraction of sp³-hybridized carbons (Fsp3) is 0.706. The Balaban J connectivity index is -0.000000303. The average molecular weight is 422 g/mol. The molecule has 0 aliphatic heterocycles. The number of unbranched alkanes of at least 4 members (excludes halogenated alkanes) is 1. The zero-order chi connectivity index (χ0) is 18.9. The minimum absolute atomic E-state index is 0.236. The van der Waals surface area contributed by atoms with E-state index in [1.165, 1.54) is 0 Å². The summed E-state index contributed by atoms with van der Waals surface area (Å²) in [5, 5.41) is 17.3. The maximum atomic E-state index is 10.1. The van der Waals surface area contributed by atoms with Gasteiger partial charge in [-0.1, -0.05) is 55.2 Å². The van der Waals surface area contributed by atoms with E-state index in [2.05, 4.69) is 72.2 Å². The lowest BCUT2D eigenvalue weighted by Crippen LogP contribution is -2.16. The topological polar surface area (TPSA) is 57.5 Å². The summed E-state index contributed by atoms with van der Waals surface area (Å²) in [4.78, 5) is 10.1. The molecule has 0 radical (unpaired) electrons. The average Bonchev–Trinajstić information content (AvgIpc) is 2.38. The highest BCUT2D eigenvalue weighted by Crippen LogP contribution is 1.98. The second-order valence-electron chi connectivity index (χ2n) is 6.96. The van der Waals surface area contributed by atoms with Gasteiger partial charge in [-0.05, 0) is 12.8 Å². The van der Waals surface area contributed by atoms with Gasteiger partial charge in [-0.25, -0.2) is 0 Å². The molecule has 0 aromatic heterocycles. The van der Waals surface area contributed by atoms with Gasteiger partial charge < -0.3 is 10.2 Å². The summed E-state index contributed by atoms with van der Waals surface area (Å²) < 4.78 is 0. The monoisotopic (exact) mass is 420 g/mol. The highest BCUT2D eigenvalue weighted by Gasteiger charge is 2.07. The lowest BCUT2D eigenvalue weighted by Gasteiger charge is -2.02. The zero-order valence-electron chi connectivity index (χ0n) is 15.5. The van der Waals surface area contributed by atoms with Crippen molar-refractivity contribution < 1.29 is 15.0 Å². The summed E-state index contributed by atoms with van der Waals surface area (Å²) in [6.07, 6.45) is 7.61. The van der Waals surface area contributed by atoms with Crippen LogP contribution in [0.5, 0.6) is 0 Å². The molecule has 0 aliphatic rings. The van der Waals surface area contributed by atoms with Gasteiger partial charge in [0.1, 0.15) is 16.1 Å². The molecule has 0 aliphatic carbocycles. The van der Waals surface area contributed by atoms with Crippen molar-refractivity contribution in [2.75, 3.05) is 11.9 Å². The number of rotatable bonds is 5. The molecule has 0 heterocycles. The van der Waals surface area contributed by atoms with Crippen LogP contribution in [-0.4, -0.2) is 44.3 Å². The summed E-state index contributed by atoms with van der Waals surface area (Å²) in [5.41, 5.74) is 5.93. The van der Waals surface area contributed by atoms with Crippen molar-refractivity contribution >= 4 is 38.0 Å². The van der Waals surface area contributed by atoms with Crippen molar-refractivity contribution in [3.8, 4) is 23.4 Å². The van der Waals surface area contributed by atoms with Gasteiger partial charge in [0.25, 0.3) is 0 Å². The van der Waals surface area contributed by atoms with Gasteiger partial charge in [0.05, 0.1) is 0 Å². The van der Waals surface area contributed by atoms with Crippen LogP contribution in [0.25, 0.3) is 0 Å². The number of hydrogen-bond acceptors (Lipinski definition) is 2. The summed E-state index contributed by atoms with van der Waals surface area (Å²) in [7, 11) is -2.35. The molecule has 6 heteroatoms. The number of aliphatic carboxylic acids is 1. The van der Waals surface area contributed by atoms with Gasteiger partial charge in [0, 0.05) is 24.8 Å². The Labute approximate surface area is 153 Å². The van der Waals surface area contributed by atoms with Crippen molar-refractivity contribution in [3.63, 3.8) is 0 Å². The number of aliphatic hydroxyl groups is 1. The number of alkyl halides is 1. The van der Waals surface area contributed by atoms with E-state index in [9.17, 15) is 4.79 Å². The Hall–Kier alpha value is -0.536. The van der Waals surface area contributed by atoms with Crippen molar-refractivity contribution in [3.05, 3.63) is 0 Å². The highest BCUT2D eigenvalue weighted by atomic mass is 79.9. The number of carboxylic acids is 1. The molecule has 0 atom stereocenters. The lowest BCUT2D eigenvalue weighted by molar-refractivity contribution is -0.137. The van der Waals surface area contributed by atoms with Crippen molar-refractivity contribution in [2.45, 2.75) is 65.0 Å². The fourth-order valence-corrected chi connectivity index (χ4v) is 1.62. The van der Waals surface area contributed by atoms with E-state index in [1.54, 1.807) is 0 Å². The first kappa shape index (κ1) is 27.3. The third kappa shape index (κ3) is 44.9. The maximum absolute atomic E-state index is 10.1. The predicted octanol–water partition coefficient (Wildman–Crippen LogP) is 4.38. The molecule has 0 spiro atoms.